The Morgan fingerprint density at radius 2 is 1.81 bits per heavy atom. The van der Waals surface area contributed by atoms with Crippen LogP contribution in [0.1, 0.15) is 11.3 Å². The van der Waals surface area contributed by atoms with Crippen LogP contribution in [0.25, 0.3) is 39.5 Å². The lowest BCUT2D eigenvalue weighted by Gasteiger charge is -2.12. The SMILES string of the molecule is Cn1cnnc1-c1cc(F)ccc1-c1cccc(-n2cc(-c3nc(CO)ccc3C(F)(F)F)cn2)c1. The number of aliphatic hydroxyl groups is 1. The van der Waals surface area contributed by atoms with Crippen LogP contribution in [0, 0.1) is 5.82 Å². The van der Waals surface area contributed by atoms with Gasteiger partial charge in [0.25, 0.3) is 0 Å². The van der Waals surface area contributed by atoms with E-state index < -0.39 is 24.2 Å². The number of aromatic nitrogens is 6. The van der Waals surface area contributed by atoms with Crippen LogP contribution in [0.3, 0.4) is 0 Å². The maximum absolute atomic E-state index is 14.1. The summed E-state index contributed by atoms with van der Waals surface area (Å²) in [6.45, 7) is -0.493. The normalized spacial score (nSPS) is 11.7. The summed E-state index contributed by atoms with van der Waals surface area (Å²) in [5.74, 6) is 0.0495. The van der Waals surface area contributed by atoms with Crippen molar-refractivity contribution < 1.29 is 22.7 Å². The smallest absolute Gasteiger partial charge is 0.390 e. The summed E-state index contributed by atoms with van der Waals surface area (Å²) in [7, 11) is 1.75. The topological polar surface area (TPSA) is 81.7 Å². The number of hydrogen-bond acceptors (Lipinski definition) is 5. The number of alkyl halides is 3. The Hall–Kier alpha value is -4.38. The van der Waals surface area contributed by atoms with E-state index in [1.807, 2.05) is 6.07 Å². The Bertz CT molecular complexity index is 1560. The van der Waals surface area contributed by atoms with Crippen molar-refractivity contribution in [2.75, 3.05) is 0 Å². The van der Waals surface area contributed by atoms with E-state index in [2.05, 4.69) is 20.3 Å². The van der Waals surface area contributed by atoms with Crippen molar-refractivity contribution in [1.29, 1.82) is 0 Å². The molecule has 182 valence electrons. The Morgan fingerprint density at radius 1 is 0.972 bits per heavy atom. The van der Waals surface area contributed by atoms with Crippen molar-refractivity contribution in [1.82, 2.24) is 29.5 Å². The highest BCUT2D eigenvalue weighted by Gasteiger charge is 2.35. The minimum Gasteiger partial charge on any atom is -0.390 e. The molecule has 1 N–H and O–H groups in total. The zero-order valence-corrected chi connectivity index (χ0v) is 18.8. The van der Waals surface area contributed by atoms with Crippen molar-refractivity contribution in [2.45, 2.75) is 12.8 Å². The van der Waals surface area contributed by atoms with Crippen LogP contribution in [0.4, 0.5) is 17.6 Å². The van der Waals surface area contributed by atoms with Crippen LogP contribution >= 0.6 is 0 Å². The van der Waals surface area contributed by atoms with E-state index in [9.17, 15) is 22.7 Å². The molecule has 3 aromatic heterocycles. The second-order valence-electron chi connectivity index (χ2n) is 8.03. The standard InChI is InChI=1S/C25H18F4N6O/c1-34-14-30-33-24(34)21-10-17(26)5-7-20(21)15-3-2-4-19(9-15)35-12-16(11-31-35)23-22(25(27,28)29)8-6-18(13-36)32-23/h2-12,14,36H,13H2,1H3. The van der Waals surface area contributed by atoms with Crippen molar-refractivity contribution in [3.05, 3.63) is 90.4 Å². The van der Waals surface area contributed by atoms with Crippen molar-refractivity contribution in [3.63, 3.8) is 0 Å². The van der Waals surface area contributed by atoms with E-state index in [-0.39, 0.29) is 17.0 Å². The van der Waals surface area contributed by atoms with Gasteiger partial charge in [0.2, 0.25) is 0 Å². The quantitative estimate of drug-likeness (QED) is 0.346. The molecular formula is C25H18F4N6O. The maximum Gasteiger partial charge on any atom is 0.418 e. The molecule has 0 saturated carbocycles. The molecule has 5 rings (SSSR count). The number of rotatable bonds is 5. The second-order valence-corrected chi connectivity index (χ2v) is 8.03. The first kappa shape index (κ1) is 23.4. The monoisotopic (exact) mass is 494 g/mol. The lowest BCUT2D eigenvalue weighted by atomic mass is 9.98. The van der Waals surface area contributed by atoms with Gasteiger partial charge in [0.15, 0.2) is 5.82 Å². The molecule has 0 atom stereocenters. The molecule has 3 heterocycles. The number of halogens is 4. The fourth-order valence-electron chi connectivity index (χ4n) is 3.92. The third kappa shape index (κ3) is 4.36. The molecule has 0 unspecified atom stereocenters. The number of nitrogens with zero attached hydrogens (tertiary/aromatic N) is 6. The average Bonchev–Trinajstić information content (AvgIpc) is 3.52. The minimum atomic E-state index is -4.63. The average molecular weight is 494 g/mol. The summed E-state index contributed by atoms with van der Waals surface area (Å²) < 4.78 is 57.9. The van der Waals surface area contributed by atoms with E-state index in [0.717, 1.165) is 17.7 Å². The van der Waals surface area contributed by atoms with E-state index >= 15 is 0 Å². The molecule has 0 bridgehead atoms. The summed E-state index contributed by atoms with van der Waals surface area (Å²) in [6, 6.07) is 13.5. The summed E-state index contributed by atoms with van der Waals surface area (Å²) in [4.78, 5) is 3.98. The highest BCUT2D eigenvalue weighted by Crippen LogP contribution is 2.37. The van der Waals surface area contributed by atoms with Gasteiger partial charge in [-0.2, -0.15) is 18.3 Å². The van der Waals surface area contributed by atoms with Gasteiger partial charge in [-0.1, -0.05) is 18.2 Å². The predicted molar refractivity (Wildman–Crippen MR) is 123 cm³/mol. The van der Waals surface area contributed by atoms with E-state index in [4.69, 9.17) is 0 Å². The molecule has 0 aliphatic rings. The second kappa shape index (κ2) is 9.00. The van der Waals surface area contributed by atoms with E-state index in [1.54, 1.807) is 35.9 Å². The van der Waals surface area contributed by atoms with Gasteiger partial charge in [-0.25, -0.2) is 14.1 Å². The highest BCUT2D eigenvalue weighted by atomic mass is 19.4. The maximum atomic E-state index is 14.1. The van der Waals surface area contributed by atoms with Crippen LogP contribution in [-0.2, 0) is 19.8 Å². The van der Waals surface area contributed by atoms with Crippen LogP contribution in [-0.4, -0.2) is 34.6 Å². The number of aliphatic hydroxyl groups excluding tert-OH is 1. The number of pyridine rings is 1. The van der Waals surface area contributed by atoms with Gasteiger partial charge in [-0.3, -0.25) is 0 Å². The largest absolute Gasteiger partial charge is 0.418 e. The van der Waals surface area contributed by atoms with Crippen LogP contribution in [0.15, 0.2) is 73.3 Å². The fourth-order valence-corrected chi connectivity index (χ4v) is 3.92. The molecule has 5 aromatic rings. The third-order valence-electron chi connectivity index (χ3n) is 5.63. The predicted octanol–water partition coefficient (Wildman–Crippen LogP) is 5.05. The fraction of sp³-hybridized carbons (Fsp3) is 0.120. The molecule has 0 amide bonds. The zero-order chi connectivity index (χ0) is 25.4. The molecule has 36 heavy (non-hydrogen) atoms. The van der Waals surface area contributed by atoms with Crippen molar-refractivity contribution >= 4 is 0 Å². The molecular weight excluding hydrogens is 476 g/mol. The lowest BCUT2D eigenvalue weighted by Crippen LogP contribution is -2.09. The van der Waals surface area contributed by atoms with Crippen molar-refractivity contribution in [2.24, 2.45) is 7.05 Å². The third-order valence-corrected chi connectivity index (χ3v) is 5.63. The molecule has 0 radical (unpaired) electrons. The molecule has 0 aliphatic carbocycles. The summed E-state index contributed by atoms with van der Waals surface area (Å²) >= 11 is 0. The summed E-state index contributed by atoms with van der Waals surface area (Å²) in [5, 5.41) is 21.5. The van der Waals surface area contributed by atoms with Gasteiger partial charge < -0.3 is 9.67 Å². The zero-order valence-electron chi connectivity index (χ0n) is 18.8. The highest BCUT2D eigenvalue weighted by molar-refractivity contribution is 5.81. The van der Waals surface area contributed by atoms with Gasteiger partial charge in [0.05, 0.1) is 35.4 Å². The molecule has 0 spiro atoms. The van der Waals surface area contributed by atoms with Gasteiger partial charge >= 0.3 is 6.18 Å². The van der Waals surface area contributed by atoms with Gasteiger partial charge in [0.1, 0.15) is 12.1 Å². The van der Waals surface area contributed by atoms with Gasteiger partial charge in [-0.15, -0.1) is 10.2 Å². The Kier molecular flexibility index (Phi) is 5.84. The molecule has 7 nitrogen and oxygen atoms in total. The number of benzene rings is 2. The Labute approximate surface area is 202 Å². The molecule has 2 aromatic carbocycles. The molecule has 0 saturated heterocycles. The van der Waals surface area contributed by atoms with E-state index in [1.165, 1.54) is 35.5 Å². The van der Waals surface area contributed by atoms with Crippen LogP contribution in [0.2, 0.25) is 0 Å². The summed E-state index contributed by atoms with van der Waals surface area (Å²) in [5.41, 5.74) is 1.53. The number of aryl methyl sites for hydroxylation is 1. The lowest BCUT2D eigenvalue weighted by molar-refractivity contribution is -0.137. The van der Waals surface area contributed by atoms with Gasteiger partial charge in [-0.05, 0) is 47.5 Å². The number of hydrogen-bond donors (Lipinski definition) is 1. The first-order valence-corrected chi connectivity index (χ1v) is 10.7. The Balaban J connectivity index is 1.57. The minimum absolute atomic E-state index is 0.111. The van der Waals surface area contributed by atoms with Gasteiger partial charge in [0, 0.05) is 24.4 Å². The van der Waals surface area contributed by atoms with E-state index in [0.29, 0.717) is 22.6 Å². The molecule has 0 aliphatic heterocycles. The molecule has 11 heteroatoms. The summed E-state index contributed by atoms with van der Waals surface area (Å²) in [6.07, 6.45) is -0.391. The first-order chi connectivity index (χ1) is 17.2. The first-order valence-electron chi connectivity index (χ1n) is 10.7. The Morgan fingerprint density at radius 3 is 2.53 bits per heavy atom. The van der Waals surface area contributed by atoms with Crippen LogP contribution < -0.4 is 0 Å². The molecule has 0 fully saturated rings. The van der Waals surface area contributed by atoms with Crippen LogP contribution in [0.5, 0.6) is 0 Å². The van der Waals surface area contributed by atoms with Crippen molar-refractivity contribution in [3.8, 4) is 39.5 Å².